The molecule has 0 N–H and O–H groups in total. The zero-order valence-electron chi connectivity index (χ0n) is 14.9. The molecule has 0 saturated heterocycles. The van der Waals surface area contributed by atoms with Crippen LogP contribution in [-0.2, 0) is 24.6 Å². The molecule has 0 aliphatic heterocycles. The quantitative estimate of drug-likeness (QED) is 0.623. The van der Waals surface area contributed by atoms with E-state index in [0.29, 0.717) is 15.2 Å². The molecule has 1 aromatic carbocycles. The highest BCUT2D eigenvalue weighted by molar-refractivity contribution is 6.33. The zero-order chi connectivity index (χ0) is 21.5. The van der Waals surface area contributed by atoms with Crippen LogP contribution in [0.25, 0.3) is 17.1 Å². The van der Waals surface area contributed by atoms with Gasteiger partial charge >= 0.3 is 11.9 Å². The number of aromatic nitrogens is 6. The van der Waals surface area contributed by atoms with E-state index in [-0.39, 0.29) is 34.4 Å². The van der Waals surface area contributed by atoms with Crippen molar-refractivity contribution in [3.8, 4) is 17.1 Å². The lowest BCUT2D eigenvalue weighted by molar-refractivity contribution is -0.144. The molecule has 0 atom stereocenters. The Balaban J connectivity index is 2.21. The molecule has 0 aliphatic rings. The van der Waals surface area contributed by atoms with Gasteiger partial charge < -0.3 is 0 Å². The van der Waals surface area contributed by atoms with Gasteiger partial charge in [-0.3, -0.25) is 14.2 Å². The predicted octanol–water partition coefficient (Wildman–Crippen LogP) is 1.45. The molecule has 9 nitrogen and oxygen atoms in total. The maximum absolute atomic E-state index is 13.0. The first-order valence-corrected chi connectivity index (χ1v) is 8.34. The van der Waals surface area contributed by atoms with Crippen LogP contribution in [-0.4, -0.2) is 35.1 Å². The lowest BCUT2D eigenvalue weighted by atomic mass is 10.1. The van der Waals surface area contributed by atoms with Crippen molar-refractivity contribution in [1.29, 1.82) is 0 Å². The summed E-state index contributed by atoms with van der Waals surface area (Å²) < 4.78 is 41.1. The van der Waals surface area contributed by atoms with Crippen molar-refractivity contribution in [2.24, 2.45) is 7.05 Å². The largest absolute Gasteiger partial charge is 0.431 e. The Labute approximate surface area is 164 Å². The number of hydrogen-bond donors (Lipinski definition) is 0. The molecule has 0 fully saturated rings. The molecular formula is C16H12ClF3N6O3. The Hall–Kier alpha value is -3.28. The van der Waals surface area contributed by atoms with Crippen molar-refractivity contribution in [1.82, 2.24) is 29.3 Å². The van der Waals surface area contributed by atoms with Gasteiger partial charge in [0.05, 0.1) is 10.7 Å². The molecule has 0 radical (unpaired) electrons. The van der Waals surface area contributed by atoms with E-state index in [1.807, 2.05) is 0 Å². The van der Waals surface area contributed by atoms with Crippen LogP contribution in [0.2, 0.25) is 5.02 Å². The SMILES string of the molecule is CC(=O)Cn1nnnc1-c1cc(-n2c(=O)cc(C(F)(F)F)n(C)c2=O)ccc1Cl. The van der Waals surface area contributed by atoms with Gasteiger partial charge in [0.1, 0.15) is 12.2 Å². The summed E-state index contributed by atoms with van der Waals surface area (Å²) in [6.45, 7) is 1.18. The van der Waals surface area contributed by atoms with Crippen molar-refractivity contribution in [2.45, 2.75) is 19.6 Å². The number of halogens is 4. The van der Waals surface area contributed by atoms with Gasteiger partial charge in [-0.2, -0.15) is 13.2 Å². The molecule has 0 amide bonds. The number of Topliss-reactive ketones (excluding diaryl/α,β-unsaturated/α-hetero) is 1. The van der Waals surface area contributed by atoms with E-state index in [4.69, 9.17) is 11.6 Å². The normalized spacial score (nSPS) is 11.7. The van der Waals surface area contributed by atoms with Gasteiger partial charge in [-0.05, 0) is 35.5 Å². The standard InChI is InChI=1S/C16H12ClF3N6O3/c1-8(27)7-25-14(21-22-23-25)10-5-9(3-4-11(10)17)26-13(28)6-12(16(18,19)20)24(2)15(26)29/h3-6H,7H2,1-2H3. The number of alkyl halides is 3. The summed E-state index contributed by atoms with van der Waals surface area (Å²) in [5.74, 6) is -0.150. The van der Waals surface area contributed by atoms with Crippen molar-refractivity contribution >= 4 is 17.4 Å². The summed E-state index contributed by atoms with van der Waals surface area (Å²) in [5.41, 5.74) is -3.59. The zero-order valence-corrected chi connectivity index (χ0v) is 15.7. The second kappa shape index (κ2) is 7.28. The summed E-state index contributed by atoms with van der Waals surface area (Å²) in [6.07, 6.45) is -4.87. The Morgan fingerprint density at radius 2 is 1.90 bits per heavy atom. The molecule has 29 heavy (non-hydrogen) atoms. The Kier molecular flexibility index (Phi) is 5.13. The van der Waals surface area contributed by atoms with Gasteiger partial charge in [-0.25, -0.2) is 14.0 Å². The van der Waals surface area contributed by atoms with Gasteiger partial charge in [0.15, 0.2) is 11.6 Å². The van der Waals surface area contributed by atoms with Crippen LogP contribution in [0, 0.1) is 0 Å². The van der Waals surface area contributed by atoms with Crippen LogP contribution in [0.15, 0.2) is 33.9 Å². The smallest absolute Gasteiger partial charge is 0.298 e. The second-order valence-electron chi connectivity index (χ2n) is 6.07. The molecule has 2 heterocycles. The Morgan fingerprint density at radius 3 is 2.52 bits per heavy atom. The first kappa shape index (κ1) is 20.5. The third-order valence-corrected chi connectivity index (χ3v) is 4.29. The van der Waals surface area contributed by atoms with Gasteiger partial charge in [0.25, 0.3) is 5.56 Å². The minimum absolute atomic E-state index is 0.0406. The number of ketones is 1. The molecule has 3 aromatic rings. The van der Waals surface area contributed by atoms with Crippen LogP contribution in [0.3, 0.4) is 0 Å². The van der Waals surface area contributed by atoms with Gasteiger partial charge in [0, 0.05) is 18.7 Å². The molecule has 0 saturated carbocycles. The van der Waals surface area contributed by atoms with Crippen LogP contribution in [0.1, 0.15) is 12.6 Å². The molecule has 0 bridgehead atoms. The molecule has 13 heteroatoms. The number of carbonyl (C=O) groups excluding carboxylic acids is 1. The van der Waals surface area contributed by atoms with Gasteiger partial charge in [-0.1, -0.05) is 11.6 Å². The number of carbonyl (C=O) groups is 1. The number of rotatable bonds is 4. The number of nitrogens with zero attached hydrogens (tertiary/aromatic N) is 6. The third kappa shape index (κ3) is 3.83. The fraction of sp³-hybridized carbons (Fsp3) is 0.250. The van der Waals surface area contributed by atoms with Crippen molar-refractivity contribution in [3.63, 3.8) is 0 Å². The van der Waals surface area contributed by atoms with Crippen molar-refractivity contribution < 1.29 is 18.0 Å². The molecule has 3 rings (SSSR count). The van der Waals surface area contributed by atoms with Crippen LogP contribution in [0.4, 0.5) is 13.2 Å². The summed E-state index contributed by atoms with van der Waals surface area (Å²) in [7, 11) is 0.908. The monoisotopic (exact) mass is 428 g/mol. The highest BCUT2D eigenvalue weighted by Gasteiger charge is 2.35. The van der Waals surface area contributed by atoms with Gasteiger partial charge in [0.2, 0.25) is 0 Å². The van der Waals surface area contributed by atoms with Gasteiger partial charge in [-0.15, -0.1) is 5.10 Å². The average molecular weight is 429 g/mol. The molecular weight excluding hydrogens is 417 g/mol. The lowest BCUT2D eigenvalue weighted by Crippen LogP contribution is -2.40. The molecule has 152 valence electrons. The third-order valence-electron chi connectivity index (χ3n) is 3.96. The minimum atomic E-state index is -4.87. The highest BCUT2D eigenvalue weighted by atomic mass is 35.5. The van der Waals surface area contributed by atoms with E-state index in [9.17, 15) is 27.6 Å². The average Bonchev–Trinajstić information content (AvgIpc) is 3.05. The molecule has 2 aromatic heterocycles. The lowest BCUT2D eigenvalue weighted by Gasteiger charge is -2.14. The van der Waals surface area contributed by atoms with E-state index >= 15 is 0 Å². The Morgan fingerprint density at radius 1 is 1.21 bits per heavy atom. The minimum Gasteiger partial charge on any atom is -0.298 e. The molecule has 0 spiro atoms. The molecule has 0 aliphatic carbocycles. The van der Waals surface area contributed by atoms with Crippen molar-refractivity contribution in [3.05, 3.63) is 55.8 Å². The topological polar surface area (TPSA) is 105 Å². The molecule has 0 unspecified atom stereocenters. The first-order valence-electron chi connectivity index (χ1n) is 7.97. The maximum atomic E-state index is 13.0. The summed E-state index contributed by atoms with van der Waals surface area (Å²) in [5, 5.41) is 11.1. The van der Waals surface area contributed by atoms with Crippen LogP contribution >= 0.6 is 11.6 Å². The van der Waals surface area contributed by atoms with Crippen molar-refractivity contribution in [2.75, 3.05) is 0 Å². The van der Waals surface area contributed by atoms with Crippen LogP contribution in [0.5, 0.6) is 0 Å². The van der Waals surface area contributed by atoms with Crippen LogP contribution < -0.4 is 11.2 Å². The number of tetrazole rings is 1. The summed E-state index contributed by atoms with van der Waals surface area (Å²) in [6, 6.07) is 4.24. The second-order valence-corrected chi connectivity index (χ2v) is 6.48. The van der Waals surface area contributed by atoms with E-state index in [1.54, 1.807) is 0 Å². The van der Waals surface area contributed by atoms with E-state index < -0.39 is 23.1 Å². The van der Waals surface area contributed by atoms with E-state index in [0.717, 1.165) is 7.05 Å². The fourth-order valence-electron chi connectivity index (χ4n) is 2.67. The number of hydrogen-bond acceptors (Lipinski definition) is 6. The fourth-order valence-corrected chi connectivity index (χ4v) is 2.88. The summed E-state index contributed by atoms with van der Waals surface area (Å²) in [4.78, 5) is 36.1. The predicted molar refractivity (Wildman–Crippen MR) is 94.8 cm³/mol. The first-order chi connectivity index (χ1) is 13.5. The van der Waals surface area contributed by atoms with E-state index in [2.05, 4.69) is 15.5 Å². The van der Waals surface area contributed by atoms with E-state index in [1.165, 1.54) is 29.8 Å². The summed E-state index contributed by atoms with van der Waals surface area (Å²) >= 11 is 6.17. The highest BCUT2D eigenvalue weighted by Crippen LogP contribution is 2.29. The maximum Gasteiger partial charge on any atom is 0.431 e. The number of benzene rings is 1. The Bertz CT molecular complexity index is 1230.